The van der Waals surface area contributed by atoms with Crippen LogP contribution in [0.2, 0.25) is 0 Å². The maximum Gasteiger partial charge on any atom is 0.335 e. The lowest BCUT2D eigenvalue weighted by Gasteiger charge is -2.59. The molecule has 2 aliphatic carbocycles. The SMILES string of the molecule is C=C(C)CCC[C@@]1(C)CCC[C@]2(C)[C@H](Cc3cc(C(=O)O)ccc3O)C(=C)CC[C@H]12. The number of rotatable bonds is 7. The minimum Gasteiger partial charge on any atom is -0.508 e. The molecule has 3 heteroatoms. The second-order valence-corrected chi connectivity index (χ2v) is 10.5. The van der Waals surface area contributed by atoms with Gasteiger partial charge in [0.1, 0.15) is 5.75 Å². The van der Waals surface area contributed by atoms with Crippen LogP contribution in [0, 0.1) is 22.7 Å². The summed E-state index contributed by atoms with van der Waals surface area (Å²) in [6.45, 7) is 15.5. The Labute approximate surface area is 181 Å². The summed E-state index contributed by atoms with van der Waals surface area (Å²) in [4.78, 5) is 11.4. The Morgan fingerprint density at radius 1 is 1.27 bits per heavy atom. The van der Waals surface area contributed by atoms with E-state index in [2.05, 4.69) is 33.9 Å². The normalized spacial score (nSPS) is 31.2. The van der Waals surface area contributed by atoms with Crippen LogP contribution in [-0.4, -0.2) is 16.2 Å². The zero-order chi connectivity index (χ0) is 22.1. The van der Waals surface area contributed by atoms with Crippen molar-refractivity contribution in [2.24, 2.45) is 22.7 Å². The van der Waals surface area contributed by atoms with Gasteiger partial charge in [-0.3, -0.25) is 0 Å². The highest BCUT2D eigenvalue weighted by Gasteiger charge is 2.54. The van der Waals surface area contributed by atoms with Crippen LogP contribution in [0.5, 0.6) is 5.75 Å². The molecule has 0 saturated heterocycles. The van der Waals surface area contributed by atoms with Gasteiger partial charge in [0, 0.05) is 0 Å². The van der Waals surface area contributed by atoms with Gasteiger partial charge in [-0.1, -0.05) is 38.0 Å². The fourth-order valence-electron chi connectivity index (χ4n) is 6.66. The molecule has 4 atom stereocenters. The minimum atomic E-state index is -0.953. The van der Waals surface area contributed by atoms with E-state index in [1.54, 1.807) is 6.07 Å². The van der Waals surface area contributed by atoms with E-state index < -0.39 is 5.97 Å². The highest BCUT2D eigenvalue weighted by molar-refractivity contribution is 5.88. The Morgan fingerprint density at radius 2 is 2.00 bits per heavy atom. The number of allylic oxidation sites excluding steroid dienone is 2. The Morgan fingerprint density at radius 3 is 2.67 bits per heavy atom. The topological polar surface area (TPSA) is 57.5 Å². The first-order valence-electron chi connectivity index (χ1n) is 11.4. The summed E-state index contributed by atoms with van der Waals surface area (Å²) in [5.41, 5.74) is 3.96. The van der Waals surface area contributed by atoms with Crippen molar-refractivity contribution in [2.45, 2.75) is 78.6 Å². The second kappa shape index (κ2) is 8.61. The molecule has 0 bridgehead atoms. The number of carbonyl (C=O) groups is 1. The van der Waals surface area contributed by atoms with E-state index in [1.165, 1.54) is 61.8 Å². The molecule has 0 spiro atoms. The summed E-state index contributed by atoms with van der Waals surface area (Å²) >= 11 is 0. The van der Waals surface area contributed by atoms with Crippen LogP contribution in [0.15, 0.2) is 42.5 Å². The monoisotopic (exact) mass is 410 g/mol. The summed E-state index contributed by atoms with van der Waals surface area (Å²) in [5.74, 6) is 0.139. The molecular weight excluding hydrogens is 372 g/mol. The molecule has 0 heterocycles. The molecule has 0 aliphatic heterocycles. The van der Waals surface area contributed by atoms with Gasteiger partial charge in [0.15, 0.2) is 0 Å². The average molecular weight is 411 g/mol. The third kappa shape index (κ3) is 4.36. The maximum atomic E-state index is 11.4. The van der Waals surface area contributed by atoms with Crippen molar-refractivity contribution in [3.63, 3.8) is 0 Å². The van der Waals surface area contributed by atoms with Gasteiger partial charge >= 0.3 is 5.97 Å². The van der Waals surface area contributed by atoms with Gasteiger partial charge in [0.25, 0.3) is 0 Å². The lowest BCUT2D eigenvalue weighted by Crippen LogP contribution is -2.51. The van der Waals surface area contributed by atoms with Crippen LogP contribution in [0.1, 0.15) is 88.1 Å². The molecule has 3 rings (SSSR count). The summed E-state index contributed by atoms with van der Waals surface area (Å²) in [6, 6.07) is 4.64. The largest absolute Gasteiger partial charge is 0.508 e. The number of phenols is 1. The number of benzene rings is 1. The second-order valence-electron chi connectivity index (χ2n) is 10.5. The van der Waals surface area contributed by atoms with Crippen LogP contribution < -0.4 is 0 Å². The van der Waals surface area contributed by atoms with Gasteiger partial charge in [-0.15, -0.1) is 6.58 Å². The summed E-state index contributed by atoms with van der Waals surface area (Å²) < 4.78 is 0. The third-order valence-electron chi connectivity index (χ3n) is 8.25. The number of hydrogen-bond acceptors (Lipinski definition) is 2. The Kier molecular flexibility index (Phi) is 6.50. The van der Waals surface area contributed by atoms with E-state index >= 15 is 0 Å². The fraction of sp³-hybridized carbons (Fsp3) is 0.593. The zero-order valence-corrected chi connectivity index (χ0v) is 19.0. The van der Waals surface area contributed by atoms with E-state index in [4.69, 9.17) is 0 Å². The highest BCUT2D eigenvalue weighted by Crippen LogP contribution is 2.63. The van der Waals surface area contributed by atoms with Crippen molar-refractivity contribution in [1.29, 1.82) is 0 Å². The first-order valence-corrected chi connectivity index (χ1v) is 11.4. The minimum absolute atomic E-state index is 0.136. The summed E-state index contributed by atoms with van der Waals surface area (Å²) in [7, 11) is 0. The van der Waals surface area contributed by atoms with Crippen molar-refractivity contribution < 1.29 is 15.0 Å². The van der Waals surface area contributed by atoms with E-state index in [0.29, 0.717) is 17.8 Å². The van der Waals surface area contributed by atoms with Crippen molar-refractivity contribution >= 4 is 5.97 Å². The molecule has 0 radical (unpaired) electrons. The number of aromatic hydroxyl groups is 1. The molecule has 3 nitrogen and oxygen atoms in total. The van der Waals surface area contributed by atoms with Gasteiger partial charge in [-0.25, -0.2) is 4.79 Å². The molecule has 2 saturated carbocycles. The number of phenolic OH excluding ortho intramolecular Hbond substituents is 1. The predicted molar refractivity (Wildman–Crippen MR) is 123 cm³/mol. The van der Waals surface area contributed by atoms with Crippen molar-refractivity contribution in [3.8, 4) is 5.75 Å². The molecule has 1 aromatic carbocycles. The molecule has 2 aliphatic rings. The van der Waals surface area contributed by atoms with E-state index in [9.17, 15) is 15.0 Å². The molecule has 1 aromatic rings. The standard InChI is InChI=1S/C27H38O3/c1-18(2)8-6-13-26(4)14-7-15-27(5)22(19(3)9-12-24(26)27)17-21-16-20(25(29)30)10-11-23(21)28/h10-11,16,22,24,28H,1,3,6-9,12-15,17H2,2,4-5H3,(H,29,30)/t22-,24-,26+,27-/m1/s1. The smallest absolute Gasteiger partial charge is 0.335 e. The lowest BCUT2D eigenvalue weighted by molar-refractivity contribution is -0.0658. The van der Waals surface area contributed by atoms with Gasteiger partial charge in [0.05, 0.1) is 5.56 Å². The van der Waals surface area contributed by atoms with Crippen LogP contribution in [0.25, 0.3) is 0 Å². The first kappa shape index (κ1) is 22.7. The van der Waals surface area contributed by atoms with Gasteiger partial charge in [-0.05, 0) is 105 Å². The number of hydrogen-bond donors (Lipinski definition) is 2. The van der Waals surface area contributed by atoms with Crippen LogP contribution in [0.3, 0.4) is 0 Å². The van der Waals surface area contributed by atoms with Crippen LogP contribution in [-0.2, 0) is 6.42 Å². The van der Waals surface area contributed by atoms with Gasteiger partial charge in [-0.2, -0.15) is 0 Å². The Hall–Kier alpha value is -2.03. The van der Waals surface area contributed by atoms with E-state index in [0.717, 1.165) is 18.4 Å². The molecule has 0 aromatic heterocycles. The lowest BCUT2D eigenvalue weighted by atomic mass is 9.46. The van der Waals surface area contributed by atoms with Crippen molar-refractivity contribution in [1.82, 2.24) is 0 Å². The molecule has 0 amide bonds. The van der Waals surface area contributed by atoms with Gasteiger partial charge < -0.3 is 10.2 Å². The fourth-order valence-corrected chi connectivity index (χ4v) is 6.66. The van der Waals surface area contributed by atoms with Crippen molar-refractivity contribution in [3.05, 3.63) is 53.6 Å². The number of carboxylic acid groups (broad SMARTS) is 1. The van der Waals surface area contributed by atoms with E-state index in [-0.39, 0.29) is 22.6 Å². The molecule has 2 fully saturated rings. The van der Waals surface area contributed by atoms with Crippen LogP contribution >= 0.6 is 0 Å². The molecule has 30 heavy (non-hydrogen) atoms. The van der Waals surface area contributed by atoms with Gasteiger partial charge in [0.2, 0.25) is 0 Å². The summed E-state index contributed by atoms with van der Waals surface area (Å²) in [6.07, 6.45) is 10.1. The third-order valence-corrected chi connectivity index (χ3v) is 8.25. The molecule has 2 N–H and O–H groups in total. The molecule has 0 unspecified atom stereocenters. The number of fused-ring (bicyclic) bond motifs is 1. The Balaban J connectivity index is 1.89. The van der Waals surface area contributed by atoms with Crippen molar-refractivity contribution in [2.75, 3.05) is 0 Å². The summed E-state index contributed by atoms with van der Waals surface area (Å²) in [5, 5.41) is 19.8. The zero-order valence-electron chi connectivity index (χ0n) is 19.0. The molecule has 164 valence electrons. The first-order chi connectivity index (χ1) is 14.1. The maximum absolute atomic E-state index is 11.4. The predicted octanol–water partition coefficient (Wildman–Crippen LogP) is 7.16. The number of aromatic carboxylic acids is 1. The van der Waals surface area contributed by atoms with Crippen LogP contribution in [0.4, 0.5) is 0 Å². The molecular formula is C27H38O3. The highest BCUT2D eigenvalue weighted by atomic mass is 16.4. The average Bonchev–Trinajstić information content (AvgIpc) is 2.65. The quantitative estimate of drug-likeness (QED) is 0.469. The van der Waals surface area contributed by atoms with E-state index in [1.807, 2.05) is 0 Å². The Bertz CT molecular complexity index is 839. The number of carboxylic acids is 1.